The molecule has 0 N–H and O–H groups in total. The zero-order valence-electron chi connectivity index (χ0n) is 13.6. The van der Waals surface area contributed by atoms with Crippen LogP contribution >= 0.6 is 0 Å². The van der Waals surface area contributed by atoms with Crippen LogP contribution in [-0.2, 0) is 0 Å². The topological polar surface area (TPSA) is 3.24 Å². The SMILES string of the molecule is CC(C)C1(C(F)(F)F)CCN(C(c2ccccc2)C(F)(F)F)CC1. The summed E-state index contributed by atoms with van der Waals surface area (Å²) in [6, 6.07) is 5.49. The van der Waals surface area contributed by atoms with Gasteiger partial charge < -0.3 is 0 Å². The third-order valence-corrected chi connectivity index (χ3v) is 5.15. The molecule has 0 saturated carbocycles. The van der Waals surface area contributed by atoms with Crippen molar-refractivity contribution in [1.29, 1.82) is 0 Å². The molecule has 0 aromatic heterocycles. The molecule has 1 saturated heterocycles. The Labute approximate surface area is 137 Å². The van der Waals surface area contributed by atoms with Crippen molar-refractivity contribution in [3.8, 4) is 0 Å². The fourth-order valence-electron chi connectivity index (χ4n) is 3.61. The predicted molar refractivity (Wildman–Crippen MR) is 79.4 cm³/mol. The maximum atomic E-state index is 13.5. The first-order valence-electron chi connectivity index (χ1n) is 7.91. The van der Waals surface area contributed by atoms with Gasteiger partial charge in [-0.1, -0.05) is 44.2 Å². The number of hydrogen-bond acceptors (Lipinski definition) is 1. The van der Waals surface area contributed by atoms with Gasteiger partial charge in [-0.25, -0.2) is 0 Å². The van der Waals surface area contributed by atoms with E-state index in [9.17, 15) is 26.3 Å². The molecule has 1 aliphatic rings. The Hall–Kier alpha value is -1.24. The standard InChI is InChI=1S/C17H21F6N/c1-12(2)15(17(21,22)23)8-10-24(11-9-15)14(16(18,19)20)13-6-4-3-5-7-13/h3-7,12,14H,8-11H2,1-2H3. The second kappa shape index (κ2) is 6.58. The van der Waals surface area contributed by atoms with Crippen molar-refractivity contribution in [2.45, 2.75) is 45.1 Å². The highest BCUT2D eigenvalue weighted by atomic mass is 19.4. The van der Waals surface area contributed by atoms with Crippen LogP contribution < -0.4 is 0 Å². The number of rotatable bonds is 3. The van der Waals surface area contributed by atoms with Crippen molar-refractivity contribution in [2.24, 2.45) is 11.3 Å². The quantitative estimate of drug-likeness (QED) is 0.640. The lowest BCUT2D eigenvalue weighted by atomic mass is 9.69. The van der Waals surface area contributed by atoms with Crippen molar-refractivity contribution < 1.29 is 26.3 Å². The molecule has 1 aromatic rings. The van der Waals surface area contributed by atoms with Crippen molar-refractivity contribution in [1.82, 2.24) is 4.90 Å². The number of hydrogen-bond donors (Lipinski definition) is 0. The van der Waals surface area contributed by atoms with Crippen LogP contribution in [0.1, 0.15) is 38.3 Å². The zero-order chi connectivity index (χ0) is 18.2. The number of nitrogens with zero attached hydrogens (tertiary/aromatic N) is 1. The lowest BCUT2D eigenvalue weighted by molar-refractivity contribution is -0.261. The van der Waals surface area contributed by atoms with Crippen molar-refractivity contribution >= 4 is 0 Å². The molecule has 0 radical (unpaired) electrons. The Morgan fingerprint density at radius 2 is 1.42 bits per heavy atom. The summed E-state index contributed by atoms with van der Waals surface area (Å²) < 4.78 is 81.0. The molecule has 24 heavy (non-hydrogen) atoms. The number of alkyl halides is 6. The zero-order valence-corrected chi connectivity index (χ0v) is 13.6. The van der Waals surface area contributed by atoms with E-state index in [0.29, 0.717) is 0 Å². The highest BCUT2D eigenvalue weighted by Gasteiger charge is 2.58. The Bertz CT molecular complexity index is 526. The van der Waals surface area contributed by atoms with E-state index in [1.165, 1.54) is 38.1 Å². The van der Waals surface area contributed by atoms with Gasteiger partial charge in [0.15, 0.2) is 0 Å². The molecule has 2 rings (SSSR count). The third-order valence-electron chi connectivity index (χ3n) is 5.15. The van der Waals surface area contributed by atoms with Crippen LogP contribution in [0.25, 0.3) is 0 Å². The highest BCUT2D eigenvalue weighted by molar-refractivity contribution is 5.21. The van der Waals surface area contributed by atoms with E-state index in [4.69, 9.17) is 0 Å². The van der Waals surface area contributed by atoms with Gasteiger partial charge in [-0.2, -0.15) is 26.3 Å². The third kappa shape index (κ3) is 3.55. The fourth-order valence-corrected chi connectivity index (χ4v) is 3.61. The minimum absolute atomic E-state index is 0.0639. The predicted octanol–water partition coefficient (Wildman–Crippen LogP) is 5.59. The summed E-state index contributed by atoms with van der Waals surface area (Å²) in [6.07, 6.45) is -9.56. The number of halogens is 6. The molecule has 1 unspecified atom stereocenters. The Kier molecular flexibility index (Phi) is 5.23. The van der Waals surface area contributed by atoms with E-state index in [-0.39, 0.29) is 31.5 Å². The van der Waals surface area contributed by atoms with Gasteiger partial charge in [-0.05, 0) is 37.4 Å². The molecule has 0 amide bonds. The van der Waals surface area contributed by atoms with Gasteiger partial charge >= 0.3 is 12.4 Å². The molecule has 0 aliphatic carbocycles. The smallest absolute Gasteiger partial charge is 0.289 e. The summed E-state index contributed by atoms with van der Waals surface area (Å²) in [7, 11) is 0. The van der Waals surface area contributed by atoms with Crippen LogP contribution in [0.15, 0.2) is 30.3 Å². The largest absolute Gasteiger partial charge is 0.408 e. The van der Waals surface area contributed by atoms with Crippen LogP contribution in [0.4, 0.5) is 26.3 Å². The first kappa shape index (κ1) is 19.1. The van der Waals surface area contributed by atoms with Gasteiger partial charge in [-0.15, -0.1) is 0 Å². The first-order chi connectivity index (χ1) is 11.0. The first-order valence-corrected chi connectivity index (χ1v) is 7.91. The van der Waals surface area contributed by atoms with Gasteiger partial charge in [0.2, 0.25) is 0 Å². The lowest BCUT2D eigenvalue weighted by Crippen LogP contribution is -2.53. The van der Waals surface area contributed by atoms with Crippen molar-refractivity contribution in [3.63, 3.8) is 0 Å². The van der Waals surface area contributed by atoms with E-state index in [1.807, 2.05) is 0 Å². The summed E-state index contributed by atoms with van der Waals surface area (Å²) in [5.41, 5.74) is -1.84. The number of piperidine rings is 1. The van der Waals surface area contributed by atoms with Gasteiger partial charge in [0.05, 0.1) is 5.41 Å². The molecule has 1 aliphatic heterocycles. The molecule has 1 nitrogen and oxygen atoms in total. The van der Waals surface area contributed by atoms with Crippen LogP contribution in [0.3, 0.4) is 0 Å². The Balaban J connectivity index is 2.25. The van der Waals surface area contributed by atoms with E-state index in [0.717, 1.165) is 4.90 Å². The molecule has 1 atom stereocenters. The van der Waals surface area contributed by atoms with E-state index < -0.39 is 29.7 Å². The van der Waals surface area contributed by atoms with Gasteiger partial charge in [0, 0.05) is 0 Å². The monoisotopic (exact) mass is 353 g/mol. The molecule has 1 fully saturated rings. The van der Waals surface area contributed by atoms with Gasteiger partial charge in [0.25, 0.3) is 0 Å². The molecule has 136 valence electrons. The Morgan fingerprint density at radius 1 is 0.917 bits per heavy atom. The Morgan fingerprint density at radius 3 is 1.79 bits per heavy atom. The summed E-state index contributed by atoms with van der Waals surface area (Å²) in [5, 5.41) is 0. The summed E-state index contributed by atoms with van der Waals surface area (Å²) in [4.78, 5) is 1.13. The molecular weight excluding hydrogens is 332 g/mol. The summed E-state index contributed by atoms with van der Waals surface area (Å²) >= 11 is 0. The second-order valence-corrected chi connectivity index (χ2v) is 6.70. The maximum absolute atomic E-state index is 13.5. The fraction of sp³-hybridized carbons (Fsp3) is 0.647. The minimum Gasteiger partial charge on any atom is -0.289 e. The molecule has 0 spiro atoms. The molecule has 7 heteroatoms. The van der Waals surface area contributed by atoms with Crippen LogP contribution in [0, 0.1) is 11.3 Å². The molecule has 1 heterocycles. The maximum Gasteiger partial charge on any atom is 0.408 e. The average Bonchev–Trinajstić information content (AvgIpc) is 2.46. The molecule has 0 bridgehead atoms. The number of likely N-dealkylation sites (tertiary alicyclic amines) is 1. The molecule has 1 aromatic carbocycles. The minimum atomic E-state index is -4.53. The van der Waals surface area contributed by atoms with Crippen molar-refractivity contribution in [2.75, 3.05) is 13.1 Å². The van der Waals surface area contributed by atoms with E-state index in [1.54, 1.807) is 6.07 Å². The molecular formula is C17H21F6N. The number of benzene rings is 1. The van der Waals surface area contributed by atoms with Crippen LogP contribution in [0.2, 0.25) is 0 Å². The van der Waals surface area contributed by atoms with E-state index in [2.05, 4.69) is 0 Å². The van der Waals surface area contributed by atoms with Crippen molar-refractivity contribution in [3.05, 3.63) is 35.9 Å². The van der Waals surface area contributed by atoms with Crippen LogP contribution in [0.5, 0.6) is 0 Å². The summed E-state index contributed by atoms with van der Waals surface area (Å²) in [5.74, 6) is -0.666. The lowest BCUT2D eigenvalue weighted by Gasteiger charge is -2.47. The van der Waals surface area contributed by atoms with E-state index >= 15 is 0 Å². The van der Waals surface area contributed by atoms with Gasteiger partial charge in [-0.3, -0.25) is 4.90 Å². The summed E-state index contributed by atoms with van der Waals surface area (Å²) in [6.45, 7) is 2.52. The average molecular weight is 353 g/mol. The second-order valence-electron chi connectivity index (χ2n) is 6.70. The highest BCUT2D eigenvalue weighted by Crippen LogP contribution is 2.53. The van der Waals surface area contributed by atoms with Crippen LogP contribution in [-0.4, -0.2) is 30.3 Å². The normalized spacial score (nSPS) is 21.0. The van der Waals surface area contributed by atoms with Gasteiger partial charge in [0.1, 0.15) is 6.04 Å².